The van der Waals surface area contributed by atoms with Crippen molar-refractivity contribution in [3.8, 4) is 0 Å². The van der Waals surface area contributed by atoms with Crippen LogP contribution in [0, 0.1) is 6.92 Å². The predicted octanol–water partition coefficient (Wildman–Crippen LogP) is 2.65. The molecule has 0 saturated heterocycles. The van der Waals surface area contributed by atoms with E-state index in [4.69, 9.17) is 16.7 Å². The van der Waals surface area contributed by atoms with E-state index in [1.165, 1.54) is 4.57 Å². The fourth-order valence-electron chi connectivity index (χ4n) is 2.12. The summed E-state index contributed by atoms with van der Waals surface area (Å²) in [7, 11) is 1.61. The Bertz CT molecular complexity index is 643. The topological polar surface area (TPSA) is 59.3 Å². The molecule has 2 rings (SSSR count). The van der Waals surface area contributed by atoms with Crippen LogP contribution in [0.5, 0.6) is 0 Å². The quantitative estimate of drug-likeness (QED) is 0.835. The minimum Gasteiger partial charge on any atom is -0.477 e. The minimum atomic E-state index is -1.12. The van der Waals surface area contributed by atoms with Crippen LogP contribution >= 0.6 is 11.6 Å². The molecule has 0 amide bonds. The molecule has 0 saturated carbocycles. The molecule has 1 N–H and O–H groups in total. The van der Waals surface area contributed by atoms with Crippen molar-refractivity contribution in [3.05, 3.63) is 34.0 Å². The first-order chi connectivity index (χ1) is 7.99. The van der Waals surface area contributed by atoms with Crippen LogP contribution in [0.2, 0.25) is 5.02 Å². The van der Waals surface area contributed by atoms with Crippen molar-refractivity contribution in [3.63, 3.8) is 0 Å². The van der Waals surface area contributed by atoms with Gasteiger partial charge in [-0.15, -0.1) is 0 Å². The molecule has 0 fully saturated rings. The van der Waals surface area contributed by atoms with Crippen molar-refractivity contribution in [1.82, 2.24) is 4.57 Å². The highest BCUT2D eigenvalue weighted by Crippen LogP contribution is 2.30. The molecule has 0 aliphatic heterocycles. The van der Waals surface area contributed by atoms with Gasteiger partial charge in [-0.1, -0.05) is 17.7 Å². The van der Waals surface area contributed by atoms with Gasteiger partial charge in [-0.3, -0.25) is 4.79 Å². The van der Waals surface area contributed by atoms with Crippen LogP contribution in [0.4, 0.5) is 0 Å². The normalized spacial score (nSPS) is 10.8. The minimum absolute atomic E-state index is 0.0135. The first-order valence-electron chi connectivity index (χ1n) is 4.95. The molecule has 1 aromatic heterocycles. The van der Waals surface area contributed by atoms with E-state index < -0.39 is 5.97 Å². The zero-order valence-electron chi connectivity index (χ0n) is 9.32. The number of hydrogen-bond donors (Lipinski definition) is 1. The highest BCUT2D eigenvalue weighted by molar-refractivity contribution is 6.32. The van der Waals surface area contributed by atoms with Gasteiger partial charge in [0.2, 0.25) is 0 Å². The second-order valence-corrected chi connectivity index (χ2v) is 4.22. The van der Waals surface area contributed by atoms with Gasteiger partial charge in [0.25, 0.3) is 0 Å². The highest BCUT2D eigenvalue weighted by Gasteiger charge is 2.21. The third-order valence-electron chi connectivity index (χ3n) is 2.90. The Hall–Kier alpha value is -1.81. The van der Waals surface area contributed by atoms with E-state index in [1.807, 2.05) is 0 Å². The number of carboxylic acids is 1. The molecule has 5 heteroatoms. The fraction of sp³-hybridized carbons (Fsp3) is 0.167. The van der Waals surface area contributed by atoms with Gasteiger partial charge in [0.05, 0.1) is 11.1 Å². The average Bonchev–Trinajstić information content (AvgIpc) is 2.57. The second-order valence-electron chi connectivity index (χ2n) is 3.81. The number of aromatic carboxylic acids is 1. The molecule has 0 unspecified atom stereocenters. The van der Waals surface area contributed by atoms with Gasteiger partial charge >= 0.3 is 5.97 Å². The predicted molar refractivity (Wildman–Crippen MR) is 65.0 cm³/mol. The van der Waals surface area contributed by atoms with E-state index in [2.05, 4.69) is 0 Å². The maximum atomic E-state index is 11.2. The molecule has 0 spiro atoms. The molecular weight excluding hydrogens is 242 g/mol. The summed E-state index contributed by atoms with van der Waals surface area (Å²) in [6, 6.07) is 3.33. The Labute approximate surface area is 102 Å². The van der Waals surface area contributed by atoms with Crippen molar-refractivity contribution in [1.29, 1.82) is 0 Å². The van der Waals surface area contributed by atoms with E-state index in [1.54, 1.807) is 26.1 Å². The maximum Gasteiger partial charge on any atom is 0.353 e. The van der Waals surface area contributed by atoms with E-state index in [0.717, 1.165) is 5.56 Å². The SMILES string of the molecule is Cc1c(Cl)ccc2c(C=O)c(C(=O)O)n(C)c12. The Morgan fingerprint density at radius 3 is 2.65 bits per heavy atom. The van der Waals surface area contributed by atoms with Crippen molar-refractivity contribution in [2.75, 3.05) is 0 Å². The number of aromatic nitrogens is 1. The van der Waals surface area contributed by atoms with Crippen molar-refractivity contribution in [2.24, 2.45) is 7.05 Å². The Morgan fingerprint density at radius 2 is 2.12 bits per heavy atom. The monoisotopic (exact) mass is 251 g/mol. The fourth-order valence-corrected chi connectivity index (χ4v) is 2.28. The highest BCUT2D eigenvalue weighted by atomic mass is 35.5. The molecule has 88 valence electrons. The number of carbonyl (C=O) groups is 2. The van der Waals surface area contributed by atoms with Gasteiger partial charge in [0, 0.05) is 17.5 Å². The first-order valence-corrected chi connectivity index (χ1v) is 5.32. The molecule has 1 heterocycles. The van der Waals surface area contributed by atoms with Crippen LogP contribution in [0.25, 0.3) is 10.9 Å². The van der Waals surface area contributed by atoms with Crippen LogP contribution in [0.3, 0.4) is 0 Å². The van der Waals surface area contributed by atoms with E-state index >= 15 is 0 Å². The van der Waals surface area contributed by atoms with Crippen LogP contribution in [0.15, 0.2) is 12.1 Å². The van der Waals surface area contributed by atoms with Gasteiger partial charge in [-0.2, -0.15) is 0 Å². The molecule has 0 bridgehead atoms. The number of aldehydes is 1. The Balaban J connectivity index is 3.04. The van der Waals surface area contributed by atoms with Crippen LogP contribution < -0.4 is 0 Å². The largest absolute Gasteiger partial charge is 0.477 e. The van der Waals surface area contributed by atoms with E-state index in [-0.39, 0.29) is 11.3 Å². The van der Waals surface area contributed by atoms with Gasteiger partial charge in [0.15, 0.2) is 6.29 Å². The van der Waals surface area contributed by atoms with E-state index in [0.29, 0.717) is 22.2 Å². The summed E-state index contributed by atoms with van der Waals surface area (Å²) in [6.07, 6.45) is 0.569. The lowest BCUT2D eigenvalue weighted by atomic mass is 10.1. The number of carbonyl (C=O) groups excluding carboxylic acids is 1. The van der Waals surface area contributed by atoms with Gasteiger partial charge in [0.1, 0.15) is 5.69 Å². The summed E-state index contributed by atoms with van der Waals surface area (Å²) < 4.78 is 1.49. The van der Waals surface area contributed by atoms with Crippen LogP contribution in [0.1, 0.15) is 26.4 Å². The second kappa shape index (κ2) is 3.89. The Morgan fingerprint density at radius 1 is 1.47 bits per heavy atom. The lowest BCUT2D eigenvalue weighted by Gasteiger charge is -2.03. The van der Waals surface area contributed by atoms with Crippen molar-refractivity contribution in [2.45, 2.75) is 6.92 Å². The summed E-state index contributed by atoms with van der Waals surface area (Å²) >= 11 is 5.99. The van der Waals surface area contributed by atoms with Crippen LogP contribution in [-0.4, -0.2) is 21.9 Å². The van der Waals surface area contributed by atoms with E-state index in [9.17, 15) is 9.59 Å². The Kier molecular flexibility index (Phi) is 2.67. The molecule has 17 heavy (non-hydrogen) atoms. The van der Waals surface area contributed by atoms with Crippen molar-refractivity contribution < 1.29 is 14.7 Å². The lowest BCUT2D eigenvalue weighted by Crippen LogP contribution is -2.07. The number of aryl methyl sites for hydroxylation is 2. The van der Waals surface area contributed by atoms with Gasteiger partial charge < -0.3 is 9.67 Å². The summed E-state index contributed by atoms with van der Waals surface area (Å²) in [4.78, 5) is 22.2. The lowest BCUT2D eigenvalue weighted by molar-refractivity contribution is 0.0684. The number of nitrogens with zero attached hydrogens (tertiary/aromatic N) is 1. The third-order valence-corrected chi connectivity index (χ3v) is 3.31. The summed E-state index contributed by atoms with van der Waals surface area (Å²) in [6.45, 7) is 1.80. The summed E-state index contributed by atoms with van der Waals surface area (Å²) in [5, 5.41) is 10.3. The zero-order valence-corrected chi connectivity index (χ0v) is 10.1. The molecule has 0 radical (unpaired) electrons. The number of benzene rings is 1. The van der Waals surface area contributed by atoms with Crippen LogP contribution in [-0.2, 0) is 7.05 Å². The number of halogens is 1. The molecule has 0 aliphatic carbocycles. The third kappa shape index (κ3) is 1.52. The molecule has 4 nitrogen and oxygen atoms in total. The molecular formula is C12H10ClNO3. The van der Waals surface area contributed by atoms with Crippen molar-refractivity contribution >= 4 is 34.8 Å². The number of fused-ring (bicyclic) bond motifs is 1. The smallest absolute Gasteiger partial charge is 0.353 e. The molecule has 0 atom stereocenters. The van der Waals surface area contributed by atoms with Gasteiger partial charge in [-0.05, 0) is 18.6 Å². The maximum absolute atomic E-state index is 11.2. The number of hydrogen-bond acceptors (Lipinski definition) is 2. The average molecular weight is 252 g/mol. The molecule has 0 aliphatic rings. The molecule has 2 aromatic rings. The zero-order chi connectivity index (χ0) is 12.7. The number of carboxylic acid groups (broad SMARTS) is 1. The summed E-state index contributed by atoms with van der Waals surface area (Å²) in [5.74, 6) is -1.12. The molecule has 1 aromatic carbocycles. The number of rotatable bonds is 2. The standard InChI is InChI=1S/C12H10ClNO3/c1-6-9(13)4-3-7-8(5-15)11(12(16)17)14(2)10(6)7/h3-5H,1-2H3,(H,16,17). The first kappa shape index (κ1) is 11.7. The summed E-state index contributed by atoms with van der Waals surface area (Å²) in [5.41, 5.74) is 1.62. The van der Waals surface area contributed by atoms with Gasteiger partial charge in [-0.25, -0.2) is 4.79 Å².